The first kappa shape index (κ1) is 26.8. The number of ether oxygens (including phenoxy) is 3. The molecule has 37 heavy (non-hydrogen) atoms. The maximum absolute atomic E-state index is 13.4. The van der Waals surface area contributed by atoms with E-state index in [4.69, 9.17) is 18.6 Å². The van der Waals surface area contributed by atoms with Gasteiger partial charge in [0.05, 0.1) is 44.3 Å². The van der Waals surface area contributed by atoms with Gasteiger partial charge in [-0.3, -0.25) is 14.5 Å². The third-order valence-electron chi connectivity index (χ3n) is 6.61. The number of hydrogen-bond acceptors (Lipinski definition) is 8. The Morgan fingerprint density at radius 2 is 1.89 bits per heavy atom. The summed E-state index contributed by atoms with van der Waals surface area (Å²) in [6, 6.07) is 7.78. The lowest BCUT2D eigenvalue weighted by molar-refractivity contribution is -0.129. The zero-order chi connectivity index (χ0) is 26.2. The Bertz CT molecular complexity index is 1090. The highest BCUT2D eigenvalue weighted by atomic mass is 16.5. The van der Waals surface area contributed by atoms with E-state index in [1.54, 1.807) is 23.1 Å². The average Bonchev–Trinajstić information content (AvgIpc) is 3.53. The number of aliphatic hydroxyl groups excluding tert-OH is 1. The smallest absolute Gasteiger partial charge is 0.290 e. The molecular formula is C28H36N2O7. The van der Waals surface area contributed by atoms with E-state index in [1.807, 2.05) is 13.0 Å². The Labute approximate surface area is 217 Å². The van der Waals surface area contributed by atoms with Crippen molar-refractivity contribution in [1.82, 2.24) is 9.80 Å². The van der Waals surface area contributed by atoms with Crippen molar-refractivity contribution in [3.05, 3.63) is 59.3 Å². The average molecular weight is 513 g/mol. The van der Waals surface area contributed by atoms with Crippen molar-refractivity contribution in [1.29, 1.82) is 0 Å². The fourth-order valence-electron chi connectivity index (χ4n) is 4.70. The summed E-state index contributed by atoms with van der Waals surface area (Å²) < 4.78 is 22.5. The molecule has 0 aliphatic carbocycles. The van der Waals surface area contributed by atoms with Crippen LogP contribution in [0.4, 0.5) is 0 Å². The van der Waals surface area contributed by atoms with E-state index < -0.39 is 23.5 Å². The van der Waals surface area contributed by atoms with Gasteiger partial charge in [-0.2, -0.15) is 0 Å². The molecule has 9 heteroatoms. The van der Waals surface area contributed by atoms with Crippen LogP contribution in [0.5, 0.6) is 11.5 Å². The number of carbonyl (C=O) groups excluding carboxylic acids is 2. The molecule has 1 atom stereocenters. The number of aliphatic hydroxyl groups is 1. The van der Waals surface area contributed by atoms with Crippen LogP contribution in [0, 0.1) is 0 Å². The SMILES string of the molecule is CCCCOc1ccc(C2C(C(=O)c3ccco3)=C(O)C(=O)N2CCCN2CCOCC2)cc1OCC. The second kappa shape index (κ2) is 12.8. The van der Waals surface area contributed by atoms with Gasteiger partial charge in [0, 0.05) is 26.2 Å². The van der Waals surface area contributed by atoms with Crippen LogP contribution < -0.4 is 9.47 Å². The number of benzene rings is 1. The Morgan fingerprint density at radius 3 is 2.59 bits per heavy atom. The van der Waals surface area contributed by atoms with Crippen LogP contribution in [0.1, 0.15) is 55.3 Å². The molecule has 0 saturated carbocycles. The molecule has 1 N–H and O–H groups in total. The lowest BCUT2D eigenvalue weighted by Gasteiger charge is -2.30. The van der Waals surface area contributed by atoms with Crippen molar-refractivity contribution in [2.45, 2.75) is 39.2 Å². The van der Waals surface area contributed by atoms with Crippen molar-refractivity contribution >= 4 is 11.7 Å². The summed E-state index contributed by atoms with van der Waals surface area (Å²) in [5.74, 6) is -0.415. The summed E-state index contributed by atoms with van der Waals surface area (Å²) in [6.45, 7) is 9.22. The standard InChI is InChI=1S/C28H36N2O7/c1-3-5-15-36-21-10-9-20(19-23(21)35-4-2)25-24(26(31)22-8-6-16-37-22)27(32)28(33)30(25)12-7-11-29-13-17-34-18-14-29/h6,8-10,16,19,25,32H,3-5,7,11-15,17-18H2,1-2H3. The molecule has 3 heterocycles. The van der Waals surface area contributed by atoms with Crippen LogP contribution in [0.15, 0.2) is 52.3 Å². The predicted molar refractivity (Wildman–Crippen MR) is 137 cm³/mol. The summed E-state index contributed by atoms with van der Waals surface area (Å²) in [7, 11) is 0. The molecule has 1 fully saturated rings. The predicted octanol–water partition coefficient (Wildman–Crippen LogP) is 4.16. The number of unbranched alkanes of at least 4 members (excludes halogenated alkanes) is 1. The third-order valence-corrected chi connectivity index (χ3v) is 6.61. The molecule has 2 aromatic rings. The van der Waals surface area contributed by atoms with Gasteiger partial charge in [0.15, 0.2) is 23.0 Å². The van der Waals surface area contributed by atoms with E-state index in [0.29, 0.717) is 56.5 Å². The largest absolute Gasteiger partial charge is 0.503 e. The van der Waals surface area contributed by atoms with Crippen LogP contribution in [-0.4, -0.2) is 79.2 Å². The number of amides is 1. The summed E-state index contributed by atoms with van der Waals surface area (Å²) in [5.41, 5.74) is 0.665. The first-order valence-electron chi connectivity index (χ1n) is 13.1. The van der Waals surface area contributed by atoms with Crippen molar-refractivity contribution < 1.29 is 33.3 Å². The minimum absolute atomic E-state index is 0.00780. The normalized spacial score (nSPS) is 18.5. The Kier molecular flexibility index (Phi) is 9.24. The van der Waals surface area contributed by atoms with Crippen LogP contribution >= 0.6 is 0 Å². The van der Waals surface area contributed by atoms with E-state index in [2.05, 4.69) is 11.8 Å². The summed E-state index contributed by atoms with van der Waals surface area (Å²) in [6.07, 6.45) is 4.01. The summed E-state index contributed by atoms with van der Waals surface area (Å²) >= 11 is 0. The maximum atomic E-state index is 13.4. The van der Waals surface area contributed by atoms with Gasteiger partial charge in [0.1, 0.15) is 0 Å². The van der Waals surface area contributed by atoms with E-state index >= 15 is 0 Å². The van der Waals surface area contributed by atoms with Gasteiger partial charge in [-0.15, -0.1) is 0 Å². The van der Waals surface area contributed by atoms with Gasteiger partial charge in [-0.05, 0) is 49.6 Å². The number of furan rings is 1. The van der Waals surface area contributed by atoms with Crippen LogP contribution in [0.25, 0.3) is 0 Å². The Morgan fingerprint density at radius 1 is 1.08 bits per heavy atom. The first-order chi connectivity index (χ1) is 18.0. The van der Waals surface area contributed by atoms with Gasteiger partial charge in [0.25, 0.3) is 5.91 Å². The van der Waals surface area contributed by atoms with Crippen molar-refractivity contribution in [2.75, 3.05) is 52.6 Å². The highest BCUT2D eigenvalue weighted by Crippen LogP contribution is 2.42. The number of hydrogen-bond donors (Lipinski definition) is 1. The molecule has 1 unspecified atom stereocenters. The maximum Gasteiger partial charge on any atom is 0.290 e. The van der Waals surface area contributed by atoms with Gasteiger partial charge in [-0.25, -0.2) is 0 Å². The van der Waals surface area contributed by atoms with Gasteiger partial charge in [0.2, 0.25) is 5.78 Å². The molecule has 1 aromatic carbocycles. The second-order valence-corrected chi connectivity index (χ2v) is 9.12. The van der Waals surface area contributed by atoms with Crippen molar-refractivity contribution in [2.24, 2.45) is 0 Å². The Balaban J connectivity index is 1.64. The molecule has 4 rings (SSSR count). The zero-order valence-corrected chi connectivity index (χ0v) is 21.6. The van der Waals surface area contributed by atoms with E-state index in [0.717, 1.165) is 32.5 Å². The molecular weight excluding hydrogens is 476 g/mol. The van der Waals surface area contributed by atoms with E-state index in [1.165, 1.54) is 12.3 Å². The molecule has 200 valence electrons. The first-order valence-corrected chi connectivity index (χ1v) is 13.1. The monoisotopic (exact) mass is 512 g/mol. The molecule has 0 radical (unpaired) electrons. The van der Waals surface area contributed by atoms with Crippen LogP contribution in [-0.2, 0) is 9.53 Å². The second-order valence-electron chi connectivity index (χ2n) is 9.12. The molecule has 9 nitrogen and oxygen atoms in total. The molecule has 1 amide bonds. The van der Waals surface area contributed by atoms with E-state index in [9.17, 15) is 14.7 Å². The number of rotatable bonds is 13. The number of carbonyl (C=O) groups is 2. The van der Waals surface area contributed by atoms with Gasteiger partial charge in [-0.1, -0.05) is 19.4 Å². The summed E-state index contributed by atoms with van der Waals surface area (Å²) in [5, 5.41) is 10.9. The molecule has 2 aliphatic heterocycles. The lowest BCUT2D eigenvalue weighted by Crippen LogP contribution is -2.39. The molecule has 1 aromatic heterocycles. The third kappa shape index (κ3) is 6.17. The lowest BCUT2D eigenvalue weighted by atomic mass is 9.94. The minimum Gasteiger partial charge on any atom is -0.503 e. The van der Waals surface area contributed by atoms with Crippen LogP contribution in [0.3, 0.4) is 0 Å². The van der Waals surface area contributed by atoms with Crippen molar-refractivity contribution in [3.63, 3.8) is 0 Å². The molecule has 1 saturated heterocycles. The van der Waals surface area contributed by atoms with Gasteiger partial charge >= 0.3 is 0 Å². The number of ketones is 1. The topological polar surface area (TPSA) is 102 Å². The zero-order valence-electron chi connectivity index (χ0n) is 21.6. The quantitative estimate of drug-likeness (QED) is 0.315. The van der Waals surface area contributed by atoms with Crippen LogP contribution in [0.2, 0.25) is 0 Å². The minimum atomic E-state index is -0.779. The highest BCUT2D eigenvalue weighted by molar-refractivity contribution is 6.15. The fraction of sp³-hybridized carbons (Fsp3) is 0.500. The number of Topliss-reactive ketones (excluding diaryl/α,β-unsaturated/α-hetero) is 1. The van der Waals surface area contributed by atoms with E-state index in [-0.39, 0.29) is 11.3 Å². The number of morpholine rings is 1. The number of nitrogens with zero attached hydrogens (tertiary/aromatic N) is 2. The Hall–Kier alpha value is -3.30. The highest BCUT2D eigenvalue weighted by Gasteiger charge is 2.44. The molecule has 2 aliphatic rings. The fourth-order valence-corrected chi connectivity index (χ4v) is 4.70. The van der Waals surface area contributed by atoms with Crippen molar-refractivity contribution in [3.8, 4) is 11.5 Å². The molecule has 0 bridgehead atoms. The summed E-state index contributed by atoms with van der Waals surface area (Å²) in [4.78, 5) is 30.5. The van der Waals surface area contributed by atoms with Gasteiger partial charge < -0.3 is 28.6 Å². The molecule has 0 spiro atoms.